The van der Waals surface area contributed by atoms with E-state index >= 15 is 0 Å². The average molecular weight is 392 g/mol. The Kier molecular flexibility index (Phi) is 3.87. The fourth-order valence-corrected chi connectivity index (χ4v) is 4.59. The maximum absolute atomic E-state index is 14.7. The van der Waals surface area contributed by atoms with E-state index in [0.717, 1.165) is 52.3 Å². The van der Waals surface area contributed by atoms with Gasteiger partial charge in [-0.05, 0) is 43.5 Å². The number of thiazole rings is 1. The van der Waals surface area contributed by atoms with Crippen LogP contribution >= 0.6 is 11.3 Å². The van der Waals surface area contributed by atoms with Crippen molar-refractivity contribution in [2.24, 2.45) is 0 Å². The number of hydrogen-bond donors (Lipinski definition) is 2. The SMILES string of the molecule is Nc1ccc(-c2nn(-c3ccccc3F)c3c2CCCc2nc(N)sc2-3)cn1. The van der Waals surface area contributed by atoms with Crippen molar-refractivity contribution in [2.45, 2.75) is 19.3 Å². The topological polar surface area (TPSA) is 95.6 Å². The summed E-state index contributed by atoms with van der Waals surface area (Å²) in [4.78, 5) is 9.65. The van der Waals surface area contributed by atoms with Gasteiger partial charge in [-0.15, -0.1) is 0 Å². The molecule has 1 aliphatic carbocycles. The maximum atomic E-state index is 14.7. The molecule has 0 fully saturated rings. The quantitative estimate of drug-likeness (QED) is 0.540. The molecular weight excluding hydrogens is 375 g/mol. The Balaban J connectivity index is 1.83. The van der Waals surface area contributed by atoms with Crippen molar-refractivity contribution in [1.82, 2.24) is 19.7 Å². The van der Waals surface area contributed by atoms with Crippen molar-refractivity contribution >= 4 is 22.3 Å². The van der Waals surface area contributed by atoms with Gasteiger partial charge in [0.2, 0.25) is 0 Å². The Morgan fingerprint density at radius 3 is 2.71 bits per heavy atom. The molecule has 4 aromatic rings. The number of rotatable bonds is 2. The van der Waals surface area contributed by atoms with E-state index in [9.17, 15) is 4.39 Å². The lowest BCUT2D eigenvalue weighted by Gasteiger charge is -2.08. The van der Waals surface area contributed by atoms with Crippen LogP contribution in [-0.4, -0.2) is 19.7 Å². The zero-order valence-corrected chi connectivity index (χ0v) is 15.7. The molecule has 0 spiro atoms. The number of hydrogen-bond acceptors (Lipinski definition) is 6. The predicted octanol–water partition coefficient (Wildman–Crippen LogP) is 3.85. The van der Waals surface area contributed by atoms with Gasteiger partial charge in [0.15, 0.2) is 5.13 Å². The molecule has 4 N–H and O–H groups in total. The summed E-state index contributed by atoms with van der Waals surface area (Å²) in [6.07, 6.45) is 4.26. The predicted molar refractivity (Wildman–Crippen MR) is 109 cm³/mol. The molecule has 3 heterocycles. The highest BCUT2D eigenvalue weighted by molar-refractivity contribution is 7.18. The van der Waals surface area contributed by atoms with Crippen LogP contribution in [0.15, 0.2) is 42.6 Å². The van der Waals surface area contributed by atoms with Gasteiger partial charge in [-0.2, -0.15) is 5.10 Å². The molecule has 0 bridgehead atoms. The third kappa shape index (κ3) is 2.65. The fourth-order valence-electron chi connectivity index (χ4n) is 3.65. The van der Waals surface area contributed by atoms with Gasteiger partial charge in [0.1, 0.15) is 17.3 Å². The molecule has 0 radical (unpaired) electrons. The normalized spacial score (nSPS) is 13.0. The summed E-state index contributed by atoms with van der Waals surface area (Å²) in [6.45, 7) is 0. The standard InChI is InChI=1S/C20H17FN6S/c21-13-5-1-2-7-15(13)27-18-12(4-3-6-14-19(18)28-20(23)25-14)17(26-27)11-8-9-16(22)24-10-11/h1-2,5,7-10H,3-4,6H2,(H2,22,24)(H2,23,25). The van der Waals surface area contributed by atoms with Gasteiger partial charge >= 0.3 is 0 Å². The molecule has 1 aromatic carbocycles. The lowest BCUT2D eigenvalue weighted by Crippen LogP contribution is -2.02. The highest BCUT2D eigenvalue weighted by Crippen LogP contribution is 2.42. The highest BCUT2D eigenvalue weighted by atomic mass is 32.1. The van der Waals surface area contributed by atoms with Crippen molar-refractivity contribution in [3.05, 3.63) is 59.7 Å². The molecule has 3 aromatic heterocycles. The average Bonchev–Trinajstić information content (AvgIpc) is 3.18. The minimum atomic E-state index is -0.335. The number of aryl methyl sites for hydroxylation is 1. The molecule has 0 saturated carbocycles. The van der Waals surface area contributed by atoms with Crippen LogP contribution in [0.25, 0.3) is 27.5 Å². The van der Waals surface area contributed by atoms with Gasteiger partial charge in [0, 0.05) is 17.3 Å². The van der Waals surface area contributed by atoms with Crippen LogP contribution < -0.4 is 11.5 Å². The van der Waals surface area contributed by atoms with Crippen LogP contribution in [0.1, 0.15) is 17.7 Å². The second-order valence-electron chi connectivity index (χ2n) is 6.69. The number of para-hydroxylation sites is 1. The summed E-state index contributed by atoms with van der Waals surface area (Å²) in [5.74, 6) is 0.110. The summed E-state index contributed by atoms with van der Waals surface area (Å²) in [7, 11) is 0. The largest absolute Gasteiger partial charge is 0.384 e. The minimum absolute atomic E-state index is 0.335. The molecule has 0 unspecified atom stereocenters. The number of aromatic nitrogens is 4. The Morgan fingerprint density at radius 1 is 1.07 bits per heavy atom. The second kappa shape index (κ2) is 6.42. The monoisotopic (exact) mass is 392 g/mol. The third-order valence-electron chi connectivity index (χ3n) is 4.89. The van der Waals surface area contributed by atoms with Crippen LogP contribution in [-0.2, 0) is 12.8 Å². The molecule has 8 heteroatoms. The van der Waals surface area contributed by atoms with Crippen molar-refractivity contribution < 1.29 is 4.39 Å². The molecule has 5 rings (SSSR count). The number of halogens is 1. The van der Waals surface area contributed by atoms with E-state index in [0.29, 0.717) is 16.6 Å². The zero-order chi connectivity index (χ0) is 19.3. The van der Waals surface area contributed by atoms with Gasteiger partial charge in [0.25, 0.3) is 0 Å². The second-order valence-corrected chi connectivity index (χ2v) is 7.72. The number of nitrogens with zero attached hydrogens (tertiary/aromatic N) is 4. The van der Waals surface area contributed by atoms with Gasteiger partial charge in [-0.1, -0.05) is 23.5 Å². The van der Waals surface area contributed by atoms with Gasteiger partial charge < -0.3 is 11.5 Å². The van der Waals surface area contributed by atoms with E-state index in [1.165, 1.54) is 17.4 Å². The summed E-state index contributed by atoms with van der Waals surface area (Å²) in [6, 6.07) is 10.3. The number of pyridine rings is 1. The number of benzene rings is 1. The van der Waals surface area contributed by atoms with Crippen molar-refractivity contribution in [2.75, 3.05) is 11.5 Å². The summed E-state index contributed by atoms with van der Waals surface area (Å²) in [5, 5.41) is 5.32. The van der Waals surface area contributed by atoms with Crippen molar-refractivity contribution in [3.8, 4) is 27.5 Å². The van der Waals surface area contributed by atoms with E-state index in [4.69, 9.17) is 16.6 Å². The lowest BCUT2D eigenvalue weighted by molar-refractivity contribution is 0.612. The smallest absolute Gasteiger partial charge is 0.180 e. The molecule has 0 atom stereocenters. The first-order valence-corrected chi connectivity index (χ1v) is 9.77. The van der Waals surface area contributed by atoms with Crippen molar-refractivity contribution in [3.63, 3.8) is 0 Å². The van der Waals surface area contributed by atoms with Crippen LogP contribution in [0.2, 0.25) is 0 Å². The summed E-state index contributed by atoms with van der Waals surface area (Å²) >= 11 is 1.42. The van der Waals surface area contributed by atoms with E-state index in [1.54, 1.807) is 35.1 Å². The van der Waals surface area contributed by atoms with Crippen LogP contribution in [0, 0.1) is 5.82 Å². The van der Waals surface area contributed by atoms with Gasteiger partial charge in [0.05, 0.1) is 22.0 Å². The first-order valence-electron chi connectivity index (χ1n) is 8.96. The Hall–Kier alpha value is -3.26. The summed E-state index contributed by atoms with van der Waals surface area (Å²) < 4.78 is 16.3. The van der Waals surface area contributed by atoms with Crippen molar-refractivity contribution in [1.29, 1.82) is 0 Å². The zero-order valence-electron chi connectivity index (χ0n) is 14.9. The number of fused-ring (bicyclic) bond motifs is 3. The molecule has 1 aliphatic rings. The maximum Gasteiger partial charge on any atom is 0.180 e. The summed E-state index contributed by atoms with van der Waals surface area (Å²) in [5.41, 5.74) is 16.6. The Labute approximate surface area is 164 Å². The van der Waals surface area contributed by atoms with E-state index in [1.807, 2.05) is 6.07 Å². The Bertz CT molecular complexity index is 1180. The van der Waals surface area contributed by atoms with Crippen LogP contribution in [0.5, 0.6) is 0 Å². The van der Waals surface area contributed by atoms with Crippen LogP contribution in [0.4, 0.5) is 15.3 Å². The number of nitrogens with two attached hydrogens (primary N) is 2. The molecule has 0 saturated heterocycles. The molecule has 140 valence electrons. The molecule has 0 amide bonds. The van der Waals surface area contributed by atoms with E-state index in [-0.39, 0.29) is 5.82 Å². The minimum Gasteiger partial charge on any atom is -0.384 e. The lowest BCUT2D eigenvalue weighted by atomic mass is 10.0. The first kappa shape index (κ1) is 16.9. The molecule has 0 aliphatic heterocycles. The third-order valence-corrected chi connectivity index (χ3v) is 5.83. The molecular formula is C20H17FN6S. The van der Waals surface area contributed by atoms with E-state index in [2.05, 4.69) is 9.97 Å². The first-order chi connectivity index (χ1) is 13.6. The van der Waals surface area contributed by atoms with E-state index < -0.39 is 0 Å². The van der Waals surface area contributed by atoms with Crippen LogP contribution in [0.3, 0.4) is 0 Å². The molecule has 6 nitrogen and oxygen atoms in total. The Morgan fingerprint density at radius 2 is 1.93 bits per heavy atom. The van der Waals surface area contributed by atoms with Gasteiger partial charge in [-0.3, -0.25) is 0 Å². The highest BCUT2D eigenvalue weighted by Gasteiger charge is 2.28. The number of nitrogen functional groups attached to an aromatic ring is 2. The van der Waals surface area contributed by atoms with Gasteiger partial charge in [-0.25, -0.2) is 19.0 Å². The molecule has 28 heavy (non-hydrogen) atoms. The number of anilines is 2. The fraction of sp³-hybridized carbons (Fsp3) is 0.150.